The number of nitrogens with two attached hydrogens (primary N) is 1. The summed E-state index contributed by atoms with van der Waals surface area (Å²) in [6.45, 7) is 0.876. The highest BCUT2D eigenvalue weighted by atomic mass is 32.1. The van der Waals surface area contributed by atoms with Gasteiger partial charge < -0.3 is 11.1 Å². The minimum Gasteiger partial charge on any atom is -0.351 e. The van der Waals surface area contributed by atoms with Crippen LogP contribution in [0.3, 0.4) is 0 Å². The van der Waals surface area contributed by atoms with Crippen molar-refractivity contribution in [2.45, 2.75) is 13.0 Å². The standard InChI is InChI=1S/C15H15N3OS/c16-5-1-3-13-7-14(20-11-13)10-18-15(19)8-12-4-2-6-17-9-12/h2,4,6-7,9,11H,5,8,10,16H2,(H,18,19). The van der Waals surface area contributed by atoms with Crippen LogP contribution < -0.4 is 11.1 Å². The van der Waals surface area contributed by atoms with E-state index in [1.165, 1.54) is 0 Å². The number of pyridine rings is 1. The normalized spacial score (nSPS) is 9.65. The van der Waals surface area contributed by atoms with E-state index in [1.807, 2.05) is 23.6 Å². The number of nitrogens with zero attached hydrogens (tertiary/aromatic N) is 1. The fourth-order valence-electron chi connectivity index (χ4n) is 1.63. The van der Waals surface area contributed by atoms with E-state index in [1.54, 1.807) is 23.7 Å². The monoisotopic (exact) mass is 285 g/mol. The highest BCUT2D eigenvalue weighted by molar-refractivity contribution is 7.10. The number of hydrogen-bond acceptors (Lipinski definition) is 4. The third-order valence-corrected chi connectivity index (χ3v) is 3.47. The van der Waals surface area contributed by atoms with Crippen molar-refractivity contribution in [3.05, 3.63) is 52.0 Å². The van der Waals surface area contributed by atoms with Crippen LogP contribution in [0, 0.1) is 11.8 Å². The van der Waals surface area contributed by atoms with Gasteiger partial charge in [0.15, 0.2) is 0 Å². The maximum Gasteiger partial charge on any atom is 0.224 e. The molecule has 0 atom stereocenters. The van der Waals surface area contributed by atoms with Crippen molar-refractivity contribution in [3.63, 3.8) is 0 Å². The maximum absolute atomic E-state index is 11.8. The molecule has 0 aliphatic heterocycles. The number of carbonyl (C=O) groups excluding carboxylic acids is 1. The summed E-state index contributed by atoms with van der Waals surface area (Å²) in [6.07, 6.45) is 3.74. The molecular formula is C15H15N3OS. The Morgan fingerprint density at radius 2 is 2.40 bits per heavy atom. The van der Waals surface area contributed by atoms with E-state index >= 15 is 0 Å². The summed E-state index contributed by atoms with van der Waals surface area (Å²) in [4.78, 5) is 16.8. The molecule has 0 aliphatic carbocycles. The molecule has 1 amide bonds. The van der Waals surface area contributed by atoms with Gasteiger partial charge in [0.05, 0.1) is 19.5 Å². The first-order chi connectivity index (χ1) is 9.78. The lowest BCUT2D eigenvalue weighted by atomic mass is 10.2. The summed E-state index contributed by atoms with van der Waals surface area (Å²) >= 11 is 1.58. The molecule has 5 heteroatoms. The Balaban J connectivity index is 1.83. The molecule has 0 aromatic carbocycles. The molecule has 0 spiro atoms. The zero-order chi connectivity index (χ0) is 14.2. The summed E-state index contributed by atoms with van der Waals surface area (Å²) in [5.41, 5.74) is 7.17. The molecule has 0 fully saturated rings. The van der Waals surface area contributed by atoms with Gasteiger partial charge in [0.1, 0.15) is 0 Å². The summed E-state index contributed by atoms with van der Waals surface area (Å²) in [5, 5.41) is 4.85. The molecular weight excluding hydrogens is 270 g/mol. The van der Waals surface area contributed by atoms with Gasteiger partial charge in [-0.1, -0.05) is 17.9 Å². The van der Waals surface area contributed by atoms with Crippen LogP contribution in [0.5, 0.6) is 0 Å². The minimum absolute atomic E-state index is 0.0130. The van der Waals surface area contributed by atoms with Crippen LogP contribution in [-0.2, 0) is 17.8 Å². The minimum atomic E-state index is -0.0130. The van der Waals surface area contributed by atoms with Gasteiger partial charge in [-0.15, -0.1) is 11.3 Å². The van der Waals surface area contributed by atoms with Crippen molar-refractivity contribution in [2.75, 3.05) is 6.54 Å². The molecule has 102 valence electrons. The van der Waals surface area contributed by atoms with Crippen LogP contribution in [-0.4, -0.2) is 17.4 Å². The van der Waals surface area contributed by atoms with Gasteiger partial charge in [-0.25, -0.2) is 0 Å². The summed E-state index contributed by atoms with van der Waals surface area (Å²) < 4.78 is 0. The second-order valence-electron chi connectivity index (χ2n) is 4.12. The van der Waals surface area contributed by atoms with Gasteiger partial charge in [0.25, 0.3) is 0 Å². The number of thiophene rings is 1. The van der Waals surface area contributed by atoms with Gasteiger partial charge in [-0.05, 0) is 17.7 Å². The first-order valence-electron chi connectivity index (χ1n) is 6.20. The first kappa shape index (κ1) is 14.3. The Hall–Kier alpha value is -2.16. The van der Waals surface area contributed by atoms with Gasteiger partial charge in [0, 0.05) is 28.2 Å². The third-order valence-electron chi connectivity index (χ3n) is 2.54. The van der Waals surface area contributed by atoms with E-state index in [2.05, 4.69) is 22.1 Å². The molecule has 2 aromatic rings. The molecule has 3 N–H and O–H groups in total. The van der Waals surface area contributed by atoms with E-state index in [4.69, 9.17) is 5.73 Å². The van der Waals surface area contributed by atoms with E-state index < -0.39 is 0 Å². The number of amides is 1. The summed E-state index contributed by atoms with van der Waals surface area (Å²) in [5.74, 6) is 5.76. The average Bonchev–Trinajstić information content (AvgIpc) is 2.92. The first-order valence-corrected chi connectivity index (χ1v) is 7.08. The van der Waals surface area contributed by atoms with Crippen LogP contribution >= 0.6 is 11.3 Å². The van der Waals surface area contributed by atoms with Crippen molar-refractivity contribution in [3.8, 4) is 11.8 Å². The van der Waals surface area contributed by atoms with E-state index in [-0.39, 0.29) is 5.91 Å². The van der Waals surface area contributed by atoms with Gasteiger partial charge in [-0.3, -0.25) is 9.78 Å². The lowest BCUT2D eigenvalue weighted by Crippen LogP contribution is -2.24. The SMILES string of the molecule is NCC#Cc1csc(CNC(=O)Cc2cccnc2)c1. The molecule has 0 unspecified atom stereocenters. The Kier molecular flexibility index (Phi) is 5.30. The number of aromatic nitrogens is 1. The smallest absolute Gasteiger partial charge is 0.224 e. The summed E-state index contributed by atoms with van der Waals surface area (Å²) in [6, 6.07) is 5.68. The van der Waals surface area contributed by atoms with Crippen molar-refractivity contribution >= 4 is 17.2 Å². The Morgan fingerprint density at radius 3 is 3.15 bits per heavy atom. The molecule has 0 radical (unpaired) electrons. The highest BCUT2D eigenvalue weighted by Crippen LogP contribution is 2.13. The molecule has 2 aromatic heterocycles. The van der Waals surface area contributed by atoms with Crippen LogP contribution in [0.4, 0.5) is 0 Å². The largest absolute Gasteiger partial charge is 0.351 e. The Bertz CT molecular complexity index is 625. The number of nitrogens with one attached hydrogen (secondary N) is 1. The average molecular weight is 285 g/mol. The quantitative estimate of drug-likeness (QED) is 0.832. The number of carbonyl (C=O) groups is 1. The van der Waals surface area contributed by atoms with E-state index in [9.17, 15) is 4.79 Å². The van der Waals surface area contributed by atoms with Crippen LogP contribution in [0.15, 0.2) is 36.0 Å². The van der Waals surface area contributed by atoms with Crippen molar-refractivity contribution < 1.29 is 4.79 Å². The molecule has 0 aliphatic rings. The molecule has 0 saturated carbocycles. The number of hydrogen-bond donors (Lipinski definition) is 2. The van der Waals surface area contributed by atoms with Crippen molar-refractivity contribution in [2.24, 2.45) is 5.73 Å². The van der Waals surface area contributed by atoms with Crippen molar-refractivity contribution in [1.29, 1.82) is 0 Å². The zero-order valence-corrected chi connectivity index (χ0v) is 11.7. The number of rotatable bonds is 4. The Morgan fingerprint density at radius 1 is 1.50 bits per heavy atom. The predicted octanol–water partition coefficient (Wildman–Crippen LogP) is 1.31. The second kappa shape index (κ2) is 7.43. The molecule has 20 heavy (non-hydrogen) atoms. The van der Waals surface area contributed by atoms with Gasteiger partial charge >= 0.3 is 0 Å². The zero-order valence-electron chi connectivity index (χ0n) is 10.9. The lowest BCUT2D eigenvalue weighted by molar-refractivity contribution is -0.120. The fraction of sp³-hybridized carbons (Fsp3) is 0.200. The van der Waals surface area contributed by atoms with Crippen LogP contribution in [0.25, 0.3) is 0 Å². The molecule has 0 saturated heterocycles. The molecule has 2 heterocycles. The predicted molar refractivity (Wildman–Crippen MR) is 80.0 cm³/mol. The van der Waals surface area contributed by atoms with Gasteiger partial charge in [0.2, 0.25) is 5.91 Å². The fourth-order valence-corrected chi connectivity index (χ4v) is 2.38. The van der Waals surface area contributed by atoms with E-state index in [0.717, 1.165) is 16.0 Å². The molecule has 2 rings (SSSR count). The van der Waals surface area contributed by atoms with Gasteiger partial charge in [-0.2, -0.15) is 0 Å². The highest BCUT2D eigenvalue weighted by Gasteiger charge is 2.04. The van der Waals surface area contributed by atoms with E-state index in [0.29, 0.717) is 19.5 Å². The molecule has 0 bridgehead atoms. The topological polar surface area (TPSA) is 68.0 Å². The van der Waals surface area contributed by atoms with Crippen LogP contribution in [0.2, 0.25) is 0 Å². The lowest BCUT2D eigenvalue weighted by Gasteiger charge is -2.03. The third kappa shape index (κ3) is 4.50. The van der Waals surface area contributed by atoms with Crippen LogP contribution in [0.1, 0.15) is 16.0 Å². The van der Waals surface area contributed by atoms with Crippen molar-refractivity contribution in [1.82, 2.24) is 10.3 Å². The molecule has 4 nitrogen and oxygen atoms in total. The maximum atomic E-state index is 11.8. The summed E-state index contributed by atoms with van der Waals surface area (Å²) in [7, 11) is 0. The Labute approximate surface area is 122 Å². The second-order valence-corrected chi connectivity index (χ2v) is 5.12.